The summed E-state index contributed by atoms with van der Waals surface area (Å²) in [6, 6.07) is 4.14. The minimum Gasteiger partial charge on any atom is -0.363 e. The molecule has 0 saturated carbocycles. The summed E-state index contributed by atoms with van der Waals surface area (Å²) in [5, 5.41) is 2.60. The van der Waals surface area contributed by atoms with E-state index in [0.717, 1.165) is 30.1 Å². The average molecular weight is 276 g/mol. The third kappa shape index (κ3) is 2.29. The van der Waals surface area contributed by atoms with Gasteiger partial charge >= 0.3 is 0 Å². The van der Waals surface area contributed by atoms with Crippen molar-refractivity contribution in [3.8, 4) is 0 Å². The molecule has 3 heterocycles. The number of rotatable bonds is 3. The summed E-state index contributed by atoms with van der Waals surface area (Å²) < 4.78 is 0. The van der Waals surface area contributed by atoms with Crippen molar-refractivity contribution in [2.45, 2.75) is 25.4 Å². The SMILES string of the molecule is NCc1nc(C(=O)N2CCCC2c2ccc[nH]2)cs1. The maximum atomic E-state index is 12.5. The van der Waals surface area contributed by atoms with Crippen molar-refractivity contribution < 1.29 is 4.79 Å². The molecule has 6 heteroatoms. The van der Waals surface area contributed by atoms with Crippen LogP contribution in [-0.4, -0.2) is 27.3 Å². The van der Waals surface area contributed by atoms with Crippen molar-refractivity contribution in [1.29, 1.82) is 0 Å². The number of aromatic amines is 1. The van der Waals surface area contributed by atoms with Crippen LogP contribution < -0.4 is 5.73 Å². The van der Waals surface area contributed by atoms with E-state index < -0.39 is 0 Å². The predicted octanol–water partition coefficient (Wildman–Crippen LogP) is 1.91. The minimum absolute atomic E-state index is 0.00745. The fourth-order valence-electron chi connectivity index (χ4n) is 2.53. The number of nitrogens with one attached hydrogen (secondary N) is 1. The van der Waals surface area contributed by atoms with Gasteiger partial charge in [0.05, 0.1) is 6.04 Å². The highest BCUT2D eigenvalue weighted by Gasteiger charge is 2.32. The quantitative estimate of drug-likeness (QED) is 0.899. The van der Waals surface area contributed by atoms with Crippen LogP contribution in [0.4, 0.5) is 0 Å². The fourth-order valence-corrected chi connectivity index (χ4v) is 3.18. The Morgan fingerprint density at radius 3 is 3.21 bits per heavy atom. The van der Waals surface area contributed by atoms with Gasteiger partial charge in [-0.1, -0.05) is 0 Å². The number of aromatic nitrogens is 2. The van der Waals surface area contributed by atoms with Gasteiger partial charge in [-0.25, -0.2) is 4.98 Å². The van der Waals surface area contributed by atoms with Crippen LogP contribution in [0.25, 0.3) is 0 Å². The molecule has 1 amide bonds. The molecule has 0 aromatic carbocycles. The molecule has 100 valence electrons. The Balaban J connectivity index is 1.82. The molecule has 1 aliphatic rings. The lowest BCUT2D eigenvalue weighted by atomic mass is 10.1. The summed E-state index contributed by atoms with van der Waals surface area (Å²) in [4.78, 5) is 21.9. The lowest BCUT2D eigenvalue weighted by molar-refractivity contribution is 0.0728. The fraction of sp³-hybridized carbons (Fsp3) is 0.385. The first kappa shape index (κ1) is 12.4. The molecule has 0 radical (unpaired) electrons. The second kappa shape index (κ2) is 5.14. The third-order valence-corrected chi connectivity index (χ3v) is 4.31. The normalized spacial score (nSPS) is 19.0. The van der Waals surface area contributed by atoms with E-state index in [1.54, 1.807) is 5.38 Å². The van der Waals surface area contributed by atoms with E-state index in [1.807, 2.05) is 23.2 Å². The van der Waals surface area contributed by atoms with E-state index in [9.17, 15) is 4.79 Å². The molecule has 0 aliphatic carbocycles. The van der Waals surface area contributed by atoms with Crippen molar-refractivity contribution >= 4 is 17.2 Å². The van der Waals surface area contributed by atoms with Gasteiger partial charge in [-0.15, -0.1) is 11.3 Å². The van der Waals surface area contributed by atoms with Gasteiger partial charge in [0.15, 0.2) is 0 Å². The van der Waals surface area contributed by atoms with E-state index in [2.05, 4.69) is 9.97 Å². The van der Waals surface area contributed by atoms with Crippen LogP contribution in [0.3, 0.4) is 0 Å². The molecule has 1 fully saturated rings. The van der Waals surface area contributed by atoms with Crippen LogP contribution in [0.5, 0.6) is 0 Å². The van der Waals surface area contributed by atoms with Gasteiger partial charge in [0, 0.05) is 30.4 Å². The highest BCUT2D eigenvalue weighted by molar-refractivity contribution is 7.09. The molecular weight excluding hydrogens is 260 g/mol. The summed E-state index contributed by atoms with van der Waals surface area (Å²) in [6.07, 6.45) is 3.93. The highest BCUT2D eigenvalue weighted by atomic mass is 32.1. The number of hydrogen-bond donors (Lipinski definition) is 2. The average Bonchev–Trinajstić information content (AvgIpc) is 3.16. The molecule has 5 nitrogen and oxygen atoms in total. The Labute approximate surface area is 115 Å². The smallest absolute Gasteiger partial charge is 0.273 e. The van der Waals surface area contributed by atoms with Crippen LogP contribution in [0.2, 0.25) is 0 Å². The Morgan fingerprint density at radius 2 is 2.53 bits per heavy atom. The van der Waals surface area contributed by atoms with Crippen molar-refractivity contribution in [1.82, 2.24) is 14.9 Å². The predicted molar refractivity (Wildman–Crippen MR) is 73.8 cm³/mol. The Kier molecular flexibility index (Phi) is 3.35. The number of likely N-dealkylation sites (tertiary alicyclic amines) is 1. The molecule has 1 unspecified atom stereocenters. The molecule has 0 bridgehead atoms. The molecule has 2 aromatic rings. The maximum Gasteiger partial charge on any atom is 0.273 e. The zero-order valence-corrected chi connectivity index (χ0v) is 11.3. The zero-order valence-electron chi connectivity index (χ0n) is 10.5. The van der Waals surface area contributed by atoms with Gasteiger partial charge < -0.3 is 15.6 Å². The molecule has 1 aliphatic heterocycles. The standard InChI is InChI=1S/C13H16N4OS/c14-7-12-16-10(8-19-12)13(18)17-6-2-4-11(17)9-3-1-5-15-9/h1,3,5,8,11,15H,2,4,6-7,14H2. The highest BCUT2D eigenvalue weighted by Crippen LogP contribution is 2.32. The number of H-pyrrole nitrogens is 1. The van der Waals surface area contributed by atoms with Crippen LogP contribution in [-0.2, 0) is 6.54 Å². The van der Waals surface area contributed by atoms with E-state index in [-0.39, 0.29) is 11.9 Å². The number of hydrogen-bond acceptors (Lipinski definition) is 4. The Hall–Kier alpha value is -1.66. The lowest BCUT2D eigenvalue weighted by Gasteiger charge is -2.23. The Bertz CT molecular complexity index is 563. The van der Waals surface area contributed by atoms with Crippen LogP contribution in [0.1, 0.15) is 40.1 Å². The number of carbonyl (C=O) groups excluding carboxylic acids is 1. The maximum absolute atomic E-state index is 12.5. The molecule has 3 rings (SSSR count). The first-order valence-corrected chi connectivity index (χ1v) is 7.26. The number of carbonyl (C=O) groups is 1. The topological polar surface area (TPSA) is 75.0 Å². The van der Waals surface area contributed by atoms with E-state index in [4.69, 9.17) is 5.73 Å². The lowest BCUT2D eigenvalue weighted by Crippen LogP contribution is -2.31. The molecule has 0 spiro atoms. The van der Waals surface area contributed by atoms with Crippen molar-refractivity contribution in [2.24, 2.45) is 5.73 Å². The number of amides is 1. The third-order valence-electron chi connectivity index (χ3n) is 3.44. The van der Waals surface area contributed by atoms with Crippen LogP contribution in [0, 0.1) is 0 Å². The summed E-state index contributed by atoms with van der Waals surface area (Å²) in [6.45, 7) is 1.18. The summed E-state index contributed by atoms with van der Waals surface area (Å²) >= 11 is 1.44. The molecule has 19 heavy (non-hydrogen) atoms. The molecule has 2 aromatic heterocycles. The molecule has 1 atom stereocenters. The van der Waals surface area contributed by atoms with Gasteiger partial charge in [-0.2, -0.15) is 0 Å². The van der Waals surface area contributed by atoms with Gasteiger partial charge in [0.2, 0.25) is 0 Å². The first-order chi connectivity index (χ1) is 9.29. The molecular formula is C13H16N4OS. The van der Waals surface area contributed by atoms with Crippen molar-refractivity contribution in [2.75, 3.05) is 6.54 Å². The monoisotopic (exact) mass is 276 g/mol. The second-order valence-electron chi connectivity index (χ2n) is 4.61. The number of nitrogens with zero attached hydrogens (tertiary/aromatic N) is 2. The van der Waals surface area contributed by atoms with Gasteiger partial charge in [-0.3, -0.25) is 4.79 Å². The minimum atomic E-state index is 0.00745. The van der Waals surface area contributed by atoms with Crippen LogP contribution in [0.15, 0.2) is 23.7 Å². The second-order valence-corrected chi connectivity index (χ2v) is 5.56. The van der Waals surface area contributed by atoms with Gasteiger partial charge in [0.25, 0.3) is 5.91 Å². The number of thiazole rings is 1. The van der Waals surface area contributed by atoms with E-state index in [0.29, 0.717) is 12.2 Å². The summed E-state index contributed by atoms with van der Waals surface area (Å²) in [5.41, 5.74) is 7.15. The Morgan fingerprint density at radius 1 is 1.63 bits per heavy atom. The summed E-state index contributed by atoms with van der Waals surface area (Å²) in [5.74, 6) is 0.00745. The van der Waals surface area contributed by atoms with Crippen molar-refractivity contribution in [3.05, 3.63) is 40.1 Å². The summed E-state index contributed by atoms with van der Waals surface area (Å²) in [7, 11) is 0. The van der Waals surface area contributed by atoms with Gasteiger partial charge in [0.1, 0.15) is 10.7 Å². The molecule has 1 saturated heterocycles. The van der Waals surface area contributed by atoms with E-state index in [1.165, 1.54) is 11.3 Å². The van der Waals surface area contributed by atoms with Crippen LogP contribution >= 0.6 is 11.3 Å². The first-order valence-electron chi connectivity index (χ1n) is 6.38. The van der Waals surface area contributed by atoms with Gasteiger partial charge in [-0.05, 0) is 25.0 Å². The van der Waals surface area contributed by atoms with Crippen molar-refractivity contribution in [3.63, 3.8) is 0 Å². The molecule has 3 N–H and O–H groups in total. The zero-order chi connectivity index (χ0) is 13.2. The number of nitrogens with two attached hydrogens (primary N) is 1. The largest absolute Gasteiger partial charge is 0.363 e. The van der Waals surface area contributed by atoms with E-state index >= 15 is 0 Å².